The summed E-state index contributed by atoms with van der Waals surface area (Å²) in [6.07, 6.45) is 1.23. The topological polar surface area (TPSA) is 66.4 Å². The third-order valence-electron chi connectivity index (χ3n) is 7.13. The van der Waals surface area contributed by atoms with Gasteiger partial charge in [-0.15, -0.1) is 0 Å². The van der Waals surface area contributed by atoms with Crippen LogP contribution < -0.4 is 4.72 Å². The van der Waals surface area contributed by atoms with Crippen LogP contribution in [0.4, 0.5) is 0 Å². The Bertz CT molecular complexity index is 932. The first-order chi connectivity index (χ1) is 11.7. The minimum atomic E-state index is -3.71. The van der Waals surface area contributed by atoms with E-state index < -0.39 is 22.2 Å². The van der Waals surface area contributed by atoms with E-state index in [0.717, 1.165) is 18.2 Å². The van der Waals surface area contributed by atoms with Gasteiger partial charge < -0.3 is 5.11 Å². The number of hydrogen-bond donors (Lipinski definition) is 2. The predicted molar refractivity (Wildman–Crippen MR) is 98.7 cm³/mol. The normalized spacial score (nSPS) is 33.8. The molecule has 2 aliphatic rings. The summed E-state index contributed by atoms with van der Waals surface area (Å²) in [4.78, 5) is 0.281. The summed E-state index contributed by atoms with van der Waals surface area (Å²) in [5, 5.41) is 12.5. The second kappa shape index (κ2) is 5.29. The molecule has 134 valence electrons. The van der Waals surface area contributed by atoms with Gasteiger partial charge in [-0.05, 0) is 35.6 Å². The largest absolute Gasteiger partial charge is 0.391 e. The molecular formula is C20H25NO3S. The monoisotopic (exact) mass is 359 g/mol. The maximum absolute atomic E-state index is 13.1. The van der Waals surface area contributed by atoms with Crippen molar-refractivity contribution in [1.29, 1.82) is 0 Å². The summed E-state index contributed by atoms with van der Waals surface area (Å²) < 4.78 is 29.1. The second-order valence-corrected chi connectivity index (χ2v) is 10.0. The fourth-order valence-electron chi connectivity index (χ4n) is 5.15. The number of hydrogen-bond acceptors (Lipinski definition) is 3. The highest BCUT2D eigenvalue weighted by Gasteiger charge is 2.66. The maximum Gasteiger partial charge on any atom is 0.241 e. The van der Waals surface area contributed by atoms with E-state index in [-0.39, 0.29) is 21.6 Å². The van der Waals surface area contributed by atoms with E-state index in [1.165, 1.54) is 0 Å². The summed E-state index contributed by atoms with van der Waals surface area (Å²) in [5.41, 5.74) is -0.331. The average molecular weight is 359 g/mol. The molecule has 0 radical (unpaired) electrons. The minimum Gasteiger partial charge on any atom is -0.391 e. The number of sulfonamides is 1. The third kappa shape index (κ3) is 2.22. The van der Waals surface area contributed by atoms with E-state index in [1.807, 2.05) is 30.3 Å². The first-order valence-corrected chi connectivity index (χ1v) is 10.3. The van der Waals surface area contributed by atoms with Gasteiger partial charge in [0.1, 0.15) is 0 Å². The van der Waals surface area contributed by atoms with Gasteiger partial charge in [0.15, 0.2) is 0 Å². The van der Waals surface area contributed by atoms with Crippen molar-refractivity contribution in [1.82, 2.24) is 4.72 Å². The first kappa shape index (κ1) is 17.0. The summed E-state index contributed by atoms with van der Waals surface area (Å²) in [6, 6.07) is 12.4. The van der Waals surface area contributed by atoms with Crippen molar-refractivity contribution in [2.45, 2.75) is 50.7 Å². The first-order valence-electron chi connectivity index (χ1n) is 8.87. The summed E-state index contributed by atoms with van der Waals surface area (Å²) in [7, 11) is -3.71. The molecule has 0 heterocycles. The Balaban J connectivity index is 1.74. The van der Waals surface area contributed by atoms with Crippen molar-refractivity contribution >= 4 is 20.8 Å². The molecule has 0 unspecified atom stereocenters. The lowest BCUT2D eigenvalue weighted by molar-refractivity contribution is 0.00348. The lowest BCUT2D eigenvalue weighted by atomic mass is 9.70. The molecule has 0 spiro atoms. The van der Waals surface area contributed by atoms with Crippen LogP contribution in [-0.4, -0.2) is 25.7 Å². The van der Waals surface area contributed by atoms with Gasteiger partial charge in [0.05, 0.1) is 17.0 Å². The zero-order valence-corrected chi connectivity index (χ0v) is 15.7. The smallest absolute Gasteiger partial charge is 0.241 e. The highest BCUT2D eigenvalue weighted by Crippen LogP contribution is 2.65. The Morgan fingerprint density at radius 2 is 1.76 bits per heavy atom. The Kier molecular flexibility index (Phi) is 3.60. The highest BCUT2D eigenvalue weighted by molar-refractivity contribution is 7.89. The molecular weight excluding hydrogens is 334 g/mol. The van der Waals surface area contributed by atoms with E-state index in [9.17, 15) is 13.5 Å². The van der Waals surface area contributed by atoms with Gasteiger partial charge in [-0.3, -0.25) is 0 Å². The molecule has 4 atom stereocenters. The van der Waals surface area contributed by atoms with Crippen LogP contribution >= 0.6 is 0 Å². The molecule has 4 rings (SSSR count). The van der Waals surface area contributed by atoms with Crippen molar-refractivity contribution in [3.8, 4) is 0 Å². The van der Waals surface area contributed by atoms with Crippen LogP contribution in [-0.2, 0) is 10.0 Å². The van der Waals surface area contributed by atoms with E-state index >= 15 is 0 Å². The molecule has 4 nitrogen and oxygen atoms in total. The van der Waals surface area contributed by atoms with Crippen molar-refractivity contribution < 1.29 is 13.5 Å². The number of benzene rings is 2. The fourth-order valence-corrected chi connectivity index (χ4v) is 6.67. The molecule has 2 aliphatic carbocycles. The van der Waals surface area contributed by atoms with E-state index in [4.69, 9.17) is 0 Å². The van der Waals surface area contributed by atoms with E-state index in [1.54, 1.807) is 12.1 Å². The summed E-state index contributed by atoms with van der Waals surface area (Å²) in [6.45, 7) is 6.39. The van der Waals surface area contributed by atoms with Crippen molar-refractivity contribution in [3.63, 3.8) is 0 Å². The van der Waals surface area contributed by atoms with Gasteiger partial charge in [0.25, 0.3) is 0 Å². The quantitative estimate of drug-likeness (QED) is 0.884. The van der Waals surface area contributed by atoms with Crippen LogP contribution in [0.25, 0.3) is 10.8 Å². The molecule has 0 aliphatic heterocycles. The number of fused-ring (bicyclic) bond motifs is 3. The van der Waals surface area contributed by atoms with Gasteiger partial charge in [-0.2, -0.15) is 0 Å². The number of rotatable bonds is 3. The van der Waals surface area contributed by atoms with Crippen LogP contribution in [0.3, 0.4) is 0 Å². The Hall–Kier alpha value is -1.43. The van der Waals surface area contributed by atoms with Gasteiger partial charge in [0.2, 0.25) is 10.0 Å². The lowest BCUT2D eigenvalue weighted by Crippen LogP contribution is -2.49. The summed E-state index contributed by atoms with van der Waals surface area (Å²) >= 11 is 0. The SMILES string of the molecule is CC1(C)[C@@H]2CC[C@@]1(C)[C@H](O)[C@@H]2NS(=O)(=O)c1cccc2ccccc12. The van der Waals surface area contributed by atoms with Crippen LogP contribution in [0.5, 0.6) is 0 Å². The fraction of sp³-hybridized carbons (Fsp3) is 0.500. The molecule has 2 N–H and O–H groups in total. The zero-order valence-electron chi connectivity index (χ0n) is 14.9. The van der Waals surface area contributed by atoms with Crippen LogP contribution in [0.15, 0.2) is 47.4 Å². The lowest BCUT2D eigenvalue weighted by Gasteiger charge is -2.37. The Morgan fingerprint density at radius 1 is 1.08 bits per heavy atom. The molecule has 2 aromatic rings. The van der Waals surface area contributed by atoms with Crippen LogP contribution in [0.1, 0.15) is 33.6 Å². The third-order valence-corrected chi connectivity index (χ3v) is 8.65. The van der Waals surface area contributed by atoms with Gasteiger partial charge >= 0.3 is 0 Å². The van der Waals surface area contributed by atoms with Crippen molar-refractivity contribution in [3.05, 3.63) is 42.5 Å². The molecule has 25 heavy (non-hydrogen) atoms. The standard InChI is InChI=1S/C20H25NO3S/c1-19(2)15-11-12-20(19,3)18(22)17(15)21-25(23,24)16-10-6-8-13-7-4-5-9-14(13)16/h4-10,15,17-18,21-22H,11-12H2,1-3H3/t15-,17-,18-,20+/m1/s1. The molecule has 2 fully saturated rings. The van der Waals surface area contributed by atoms with Crippen molar-refractivity contribution in [2.75, 3.05) is 0 Å². The predicted octanol–water partition coefficient (Wildman–Crippen LogP) is 3.30. The molecule has 0 amide bonds. The average Bonchev–Trinajstić information content (AvgIpc) is 2.88. The van der Waals surface area contributed by atoms with Crippen LogP contribution in [0, 0.1) is 16.7 Å². The van der Waals surface area contributed by atoms with E-state index in [0.29, 0.717) is 5.39 Å². The second-order valence-electron chi connectivity index (χ2n) is 8.35. The maximum atomic E-state index is 13.1. The van der Waals surface area contributed by atoms with Crippen LogP contribution in [0.2, 0.25) is 0 Å². The van der Waals surface area contributed by atoms with Gasteiger partial charge in [0, 0.05) is 10.8 Å². The van der Waals surface area contributed by atoms with E-state index in [2.05, 4.69) is 25.5 Å². The molecule has 2 bridgehead atoms. The Labute approximate surface area is 149 Å². The molecule has 0 saturated heterocycles. The summed E-state index contributed by atoms with van der Waals surface area (Å²) in [5.74, 6) is 0.150. The number of nitrogens with one attached hydrogen (secondary N) is 1. The highest BCUT2D eigenvalue weighted by atomic mass is 32.2. The zero-order chi connectivity index (χ0) is 18.0. The molecule has 2 saturated carbocycles. The number of aliphatic hydroxyl groups is 1. The number of aliphatic hydroxyl groups excluding tert-OH is 1. The molecule has 2 aromatic carbocycles. The molecule has 0 aromatic heterocycles. The van der Waals surface area contributed by atoms with Gasteiger partial charge in [-0.1, -0.05) is 57.2 Å². The minimum absolute atomic E-state index is 0.0850. The molecule has 5 heteroatoms. The van der Waals surface area contributed by atoms with Gasteiger partial charge in [-0.25, -0.2) is 13.1 Å². The van der Waals surface area contributed by atoms with Crippen molar-refractivity contribution in [2.24, 2.45) is 16.7 Å². The Morgan fingerprint density at radius 3 is 2.44 bits per heavy atom.